The summed E-state index contributed by atoms with van der Waals surface area (Å²) in [5.74, 6) is 0. The molecule has 0 aliphatic heterocycles. The van der Waals surface area contributed by atoms with Crippen molar-refractivity contribution in [3.05, 3.63) is 0 Å². The van der Waals surface area contributed by atoms with Gasteiger partial charge in [0.2, 0.25) is 0 Å². The van der Waals surface area contributed by atoms with Gasteiger partial charge in [-0.3, -0.25) is 0 Å². The van der Waals surface area contributed by atoms with Crippen LogP contribution >= 0.6 is 0 Å². The first-order valence-electron chi connectivity index (χ1n) is 3.90. The van der Waals surface area contributed by atoms with Crippen molar-refractivity contribution in [2.24, 2.45) is 5.73 Å². The van der Waals surface area contributed by atoms with Crippen LogP contribution in [0.5, 0.6) is 0 Å². The van der Waals surface area contributed by atoms with E-state index >= 15 is 0 Å². The molecule has 0 heterocycles. The van der Waals surface area contributed by atoms with E-state index in [1.165, 1.54) is 0 Å². The molecule has 5 heteroatoms. The fourth-order valence-electron chi connectivity index (χ4n) is 0.756. The molecule has 0 rings (SSSR count). The molecule has 0 radical (unpaired) electrons. The Morgan fingerprint density at radius 2 is 2.00 bits per heavy atom. The maximum atomic E-state index is 10.1. The van der Waals surface area contributed by atoms with E-state index in [4.69, 9.17) is 5.73 Å². The average molecular weight is 184 g/mol. The molecule has 11 heavy (non-hydrogen) atoms. The predicted octanol–water partition coefficient (Wildman–Crippen LogP) is -4.82. The van der Waals surface area contributed by atoms with E-state index in [1.807, 2.05) is 0 Å². The van der Waals surface area contributed by atoms with Gasteiger partial charge in [-0.2, -0.15) is 0 Å². The summed E-state index contributed by atoms with van der Waals surface area (Å²) >= 11 is 0. The van der Waals surface area contributed by atoms with Crippen molar-refractivity contribution in [3.8, 4) is 0 Å². The van der Waals surface area contributed by atoms with E-state index in [2.05, 4.69) is 5.32 Å². The van der Waals surface area contributed by atoms with Crippen molar-refractivity contribution in [2.45, 2.75) is 18.9 Å². The fraction of sp³-hybridized carbons (Fsp3) is 1.00. The summed E-state index contributed by atoms with van der Waals surface area (Å²) in [7, 11) is -0.928. The van der Waals surface area contributed by atoms with Crippen molar-refractivity contribution >= 4 is 9.76 Å². The molecule has 0 spiro atoms. The van der Waals surface area contributed by atoms with Crippen LogP contribution in [0.15, 0.2) is 0 Å². The Hall–Kier alpha value is 1.10. The molecule has 3 nitrogen and oxygen atoms in total. The van der Waals surface area contributed by atoms with Crippen molar-refractivity contribution < 1.29 is 34.4 Å². The van der Waals surface area contributed by atoms with Crippen LogP contribution in [0.1, 0.15) is 12.8 Å². The second kappa shape index (κ2) is 13.7. The number of nitrogens with one attached hydrogen (secondary N) is 1. The SMILES string of the molecule is NCCNCCCC[SiH2][O-].[Na+]. The third-order valence-electron chi connectivity index (χ3n) is 1.32. The van der Waals surface area contributed by atoms with Gasteiger partial charge in [-0.15, -0.1) is 0 Å². The molecule has 0 bridgehead atoms. The van der Waals surface area contributed by atoms with Gasteiger partial charge in [-0.05, 0) is 13.0 Å². The van der Waals surface area contributed by atoms with E-state index in [9.17, 15) is 4.80 Å². The van der Waals surface area contributed by atoms with Gasteiger partial charge in [-0.1, -0.05) is 22.2 Å². The zero-order valence-corrected chi connectivity index (χ0v) is 10.8. The Balaban J connectivity index is 0. The number of nitrogens with two attached hydrogens (primary N) is 1. The standard InChI is InChI=1S/C6H17N2OSi.Na/c7-3-5-8-4-1-2-6-10-9;/h8H,1-7,10H2;/q-1;+1. The quantitative estimate of drug-likeness (QED) is 0.308. The molecule has 3 N–H and O–H groups in total. The van der Waals surface area contributed by atoms with Crippen LogP contribution in [0.25, 0.3) is 0 Å². The Morgan fingerprint density at radius 1 is 1.27 bits per heavy atom. The predicted molar refractivity (Wildman–Crippen MR) is 44.5 cm³/mol. The third kappa shape index (κ3) is 14.0. The molecule has 0 unspecified atom stereocenters. The fourth-order valence-corrected chi connectivity index (χ4v) is 1.31. The molecular formula is C6H17N2NaOSi. The van der Waals surface area contributed by atoms with Gasteiger partial charge >= 0.3 is 29.6 Å². The summed E-state index contributed by atoms with van der Waals surface area (Å²) in [5.41, 5.74) is 5.26. The van der Waals surface area contributed by atoms with Crippen LogP contribution in [-0.4, -0.2) is 29.4 Å². The molecule has 62 valence electrons. The Morgan fingerprint density at radius 3 is 2.55 bits per heavy atom. The van der Waals surface area contributed by atoms with Crippen LogP contribution in [0.4, 0.5) is 0 Å². The van der Waals surface area contributed by atoms with Gasteiger partial charge in [0.15, 0.2) is 0 Å². The zero-order valence-electron chi connectivity index (χ0n) is 7.44. The van der Waals surface area contributed by atoms with E-state index in [1.54, 1.807) is 0 Å². The Kier molecular flexibility index (Phi) is 18.2. The molecule has 0 aromatic heterocycles. The van der Waals surface area contributed by atoms with Crippen LogP contribution in [-0.2, 0) is 0 Å². The molecule has 0 atom stereocenters. The van der Waals surface area contributed by atoms with Crippen LogP contribution in [0.2, 0.25) is 6.04 Å². The second-order valence-electron chi connectivity index (χ2n) is 2.30. The number of hydrogen-bond acceptors (Lipinski definition) is 3. The van der Waals surface area contributed by atoms with Crippen molar-refractivity contribution in [1.29, 1.82) is 0 Å². The second-order valence-corrected chi connectivity index (χ2v) is 3.42. The van der Waals surface area contributed by atoms with Gasteiger partial charge < -0.3 is 15.8 Å². The topological polar surface area (TPSA) is 61.1 Å². The minimum absolute atomic E-state index is 0. The summed E-state index contributed by atoms with van der Waals surface area (Å²) in [6.45, 7) is 2.62. The summed E-state index contributed by atoms with van der Waals surface area (Å²) in [5, 5.41) is 3.18. The van der Waals surface area contributed by atoms with Crippen molar-refractivity contribution in [2.75, 3.05) is 19.6 Å². The van der Waals surface area contributed by atoms with Gasteiger partial charge in [0.05, 0.1) is 0 Å². The zero-order chi connectivity index (χ0) is 7.66. The summed E-state index contributed by atoms with van der Waals surface area (Å²) in [6.07, 6.45) is 2.24. The van der Waals surface area contributed by atoms with Crippen LogP contribution in [0, 0.1) is 0 Å². The summed E-state index contributed by atoms with van der Waals surface area (Å²) < 4.78 is 0. The normalized spacial score (nSPS) is 10.4. The van der Waals surface area contributed by atoms with Gasteiger partial charge in [0, 0.05) is 13.1 Å². The first-order chi connectivity index (χ1) is 4.91. The molecule has 0 aromatic carbocycles. The molecule has 0 saturated carbocycles. The van der Waals surface area contributed by atoms with E-state index in [0.717, 1.165) is 32.0 Å². The average Bonchev–Trinajstić information content (AvgIpc) is 1.97. The molecule has 0 fully saturated rings. The van der Waals surface area contributed by atoms with Crippen LogP contribution < -0.4 is 45.4 Å². The molecule has 0 aliphatic rings. The van der Waals surface area contributed by atoms with E-state index < -0.39 is 9.76 Å². The molecule has 0 saturated heterocycles. The maximum Gasteiger partial charge on any atom is 1.00 e. The minimum atomic E-state index is -0.928. The minimum Gasteiger partial charge on any atom is -0.863 e. The molecule has 0 aliphatic carbocycles. The Labute approximate surface area is 93.4 Å². The van der Waals surface area contributed by atoms with Crippen molar-refractivity contribution in [1.82, 2.24) is 5.32 Å². The molecule has 0 aromatic rings. The third-order valence-corrected chi connectivity index (χ3v) is 2.11. The van der Waals surface area contributed by atoms with Gasteiger partial charge in [0.1, 0.15) is 0 Å². The van der Waals surface area contributed by atoms with Gasteiger partial charge in [-0.25, -0.2) is 0 Å². The van der Waals surface area contributed by atoms with Crippen LogP contribution in [0.3, 0.4) is 0 Å². The number of hydrogen-bond donors (Lipinski definition) is 2. The molecular weight excluding hydrogens is 167 g/mol. The summed E-state index contributed by atoms with van der Waals surface area (Å²) in [6, 6.07) is 0.949. The maximum absolute atomic E-state index is 10.1. The number of rotatable bonds is 7. The number of unbranched alkanes of at least 4 members (excludes halogenated alkanes) is 1. The largest absolute Gasteiger partial charge is 1.00 e. The summed E-state index contributed by atoms with van der Waals surface area (Å²) in [4.78, 5) is 10.1. The monoisotopic (exact) mass is 184 g/mol. The molecule has 0 amide bonds. The van der Waals surface area contributed by atoms with Gasteiger partial charge in [0.25, 0.3) is 0 Å². The first-order valence-corrected chi connectivity index (χ1v) is 5.48. The smallest absolute Gasteiger partial charge is 0.863 e. The van der Waals surface area contributed by atoms with E-state index in [0.29, 0.717) is 6.54 Å². The Bertz CT molecular complexity index is 60.5. The van der Waals surface area contributed by atoms with Crippen molar-refractivity contribution in [3.63, 3.8) is 0 Å². The first kappa shape index (κ1) is 14.6. The van der Waals surface area contributed by atoms with E-state index in [-0.39, 0.29) is 29.6 Å².